The van der Waals surface area contributed by atoms with E-state index in [0.717, 1.165) is 38.9 Å². The second-order valence-electron chi connectivity index (χ2n) is 7.42. The van der Waals surface area contributed by atoms with Gasteiger partial charge in [0.05, 0.1) is 0 Å². The molecule has 0 radical (unpaired) electrons. The molecule has 0 N–H and O–H groups in total. The average Bonchev–Trinajstić information content (AvgIpc) is 2.94. The largest absolute Gasteiger partial charge is 0.444 e. The first-order chi connectivity index (χ1) is 10.8. The molecule has 1 heterocycles. The Morgan fingerprint density at radius 2 is 2.00 bits per heavy atom. The van der Waals surface area contributed by atoms with Gasteiger partial charge < -0.3 is 14.5 Å². The van der Waals surface area contributed by atoms with Crippen molar-refractivity contribution >= 4 is 6.09 Å². The lowest BCUT2D eigenvalue weighted by Crippen LogP contribution is -2.42. The van der Waals surface area contributed by atoms with Gasteiger partial charge in [-0.05, 0) is 52.1 Å². The van der Waals surface area contributed by atoms with Crippen LogP contribution in [0.5, 0.6) is 0 Å². The van der Waals surface area contributed by atoms with Gasteiger partial charge in [0, 0.05) is 26.2 Å². The lowest BCUT2D eigenvalue weighted by atomic mass is 10.1. The van der Waals surface area contributed by atoms with Crippen LogP contribution in [-0.4, -0.2) is 54.2 Å². The van der Waals surface area contributed by atoms with E-state index in [1.807, 2.05) is 27.8 Å². The van der Waals surface area contributed by atoms with Crippen LogP contribution in [-0.2, 0) is 11.2 Å². The maximum Gasteiger partial charge on any atom is 0.410 e. The summed E-state index contributed by atoms with van der Waals surface area (Å²) in [6.07, 6.45) is 3.09. The van der Waals surface area contributed by atoms with Crippen LogP contribution in [0.1, 0.15) is 39.2 Å². The highest BCUT2D eigenvalue weighted by atomic mass is 16.6. The number of carbonyl (C=O) groups is 1. The molecule has 23 heavy (non-hydrogen) atoms. The summed E-state index contributed by atoms with van der Waals surface area (Å²) in [4.78, 5) is 16.4. The van der Waals surface area contributed by atoms with E-state index < -0.39 is 5.60 Å². The summed E-state index contributed by atoms with van der Waals surface area (Å²) in [7, 11) is 1.85. The minimum atomic E-state index is -0.431. The second-order valence-corrected chi connectivity index (χ2v) is 7.42. The van der Waals surface area contributed by atoms with Crippen LogP contribution in [0.15, 0.2) is 30.3 Å². The Bertz CT molecular complexity index is 496. The van der Waals surface area contributed by atoms with Crippen LogP contribution in [0.4, 0.5) is 4.79 Å². The van der Waals surface area contributed by atoms with Crippen LogP contribution < -0.4 is 0 Å². The molecule has 0 bridgehead atoms. The predicted octanol–water partition coefficient (Wildman–Crippen LogP) is 3.56. The highest BCUT2D eigenvalue weighted by Crippen LogP contribution is 2.18. The number of carbonyl (C=O) groups excluding carboxylic acids is 1. The van der Waals surface area contributed by atoms with Crippen molar-refractivity contribution in [1.82, 2.24) is 9.80 Å². The van der Waals surface area contributed by atoms with Crippen molar-refractivity contribution in [2.45, 2.75) is 51.7 Å². The number of hydrogen-bond acceptors (Lipinski definition) is 3. The van der Waals surface area contributed by atoms with Crippen molar-refractivity contribution < 1.29 is 9.53 Å². The Morgan fingerprint density at radius 1 is 1.30 bits per heavy atom. The molecule has 1 amide bonds. The molecule has 128 valence electrons. The number of nitrogens with zero attached hydrogens (tertiary/aromatic N) is 2. The zero-order chi connectivity index (χ0) is 16.9. The quantitative estimate of drug-likeness (QED) is 0.832. The molecule has 0 spiro atoms. The van der Waals surface area contributed by atoms with E-state index in [2.05, 4.69) is 35.2 Å². The van der Waals surface area contributed by atoms with E-state index in [1.165, 1.54) is 5.56 Å². The molecule has 4 nitrogen and oxygen atoms in total. The van der Waals surface area contributed by atoms with E-state index in [4.69, 9.17) is 4.74 Å². The van der Waals surface area contributed by atoms with Crippen molar-refractivity contribution in [3.05, 3.63) is 35.9 Å². The first kappa shape index (κ1) is 17.8. The number of aryl methyl sites for hydroxylation is 1. The summed E-state index contributed by atoms with van der Waals surface area (Å²) >= 11 is 0. The smallest absolute Gasteiger partial charge is 0.410 e. The molecule has 0 saturated carbocycles. The maximum atomic E-state index is 12.1. The average molecular weight is 318 g/mol. The normalized spacial score (nSPS) is 18.9. The molecule has 4 heteroatoms. The molecule has 1 aromatic carbocycles. The summed E-state index contributed by atoms with van der Waals surface area (Å²) in [6.45, 7) is 8.82. The summed E-state index contributed by atoms with van der Waals surface area (Å²) in [5.74, 6) is 0. The standard InChI is InChI=1S/C19H30N2O2/c1-19(2,3)23-18(22)20(4)17-12-14-21(15-17)13-8-11-16-9-6-5-7-10-16/h5-7,9-10,17H,8,11-15H2,1-4H3. The fourth-order valence-corrected chi connectivity index (χ4v) is 2.97. The molecule has 1 aliphatic heterocycles. The van der Waals surface area contributed by atoms with Crippen molar-refractivity contribution in [1.29, 1.82) is 0 Å². The van der Waals surface area contributed by atoms with Gasteiger partial charge in [0.15, 0.2) is 0 Å². The Hall–Kier alpha value is -1.55. The third-order valence-electron chi connectivity index (χ3n) is 4.26. The molecule has 1 aromatic rings. The van der Waals surface area contributed by atoms with Gasteiger partial charge in [0.25, 0.3) is 0 Å². The molecule has 0 aliphatic carbocycles. The third-order valence-corrected chi connectivity index (χ3v) is 4.26. The molecule has 1 fully saturated rings. The Labute approximate surface area is 140 Å². The zero-order valence-electron chi connectivity index (χ0n) is 14.9. The number of benzene rings is 1. The van der Waals surface area contributed by atoms with Gasteiger partial charge in [0.1, 0.15) is 5.60 Å². The number of rotatable bonds is 5. The van der Waals surface area contributed by atoms with Crippen molar-refractivity contribution in [3.63, 3.8) is 0 Å². The predicted molar refractivity (Wildman–Crippen MR) is 93.6 cm³/mol. The molecule has 1 unspecified atom stereocenters. The molecule has 1 aliphatic rings. The first-order valence-electron chi connectivity index (χ1n) is 8.57. The Kier molecular flexibility index (Phi) is 6.05. The van der Waals surface area contributed by atoms with E-state index in [1.54, 1.807) is 4.90 Å². The van der Waals surface area contributed by atoms with Gasteiger partial charge >= 0.3 is 6.09 Å². The fourth-order valence-electron chi connectivity index (χ4n) is 2.97. The molecular formula is C19H30N2O2. The van der Waals surface area contributed by atoms with E-state index in [-0.39, 0.29) is 12.1 Å². The van der Waals surface area contributed by atoms with Gasteiger partial charge in [-0.25, -0.2) is 4.79 Å². The van der Waals surface area contributed by atoms with Gasteiger partial charge in [-0.15, -0.1) is 0 Å². The molecular weight excluding hydrogens is 288 g/mol. The molecule has 1 atom stereocenters. The highest BCUT2D eigenvalue weighted by Gasteiger charge is 2.30. The minimum absolute atomic E-state index is 0.214. The summed E-state index contributed by atoms with van der Waals surface area (Å²) in [6, 6.07) is 10.9. The van der Waals surface area contributed by atoms with Gasteiger partial charge in [-0.3, -0.25) is 0 Å². The molecule has 1 saturated heterocycles. The monoisotopic (exact) mass is 318 g/mol. The van der Waals surface area contributed by atoms with Crippen LogP contribution in [0, 0.1) is 0 Å². The SMILES string of the molecule is CN(C(=O)OC(C)(C)C)C1CCN(CCCc2ccccc2)C1. The number of amides is 1. The third kappa shape index (κ3) is 5.87. The molecule has 0 aromatic heterocycles. The maximum absolute atomic E-state index is 12.1. The lowest BCUT2D eigenvalue weighted by molar-refractivity contribution is 0.0228. The van der Waals surface area contributed by atoms with E-state index >= 15 is 0 Å². The van der Waals surface area contributed by atoms with Crippen molar-refractivity contribution in [2.24, 2.45) is 0 Å². The topological polar surface area (TPSA) is 32.8 Å². The van der Waals surface area contributed by atoms with Crippen LogP contribution in [0.3, 0.4) is 0 Å². The Morgan fingerprint density at radius 3 is 2.65 bits per heavy atom. The number of hydrogen-bond donors (Lipinski definition) is 0. The first-order valence-corrected chi connectivity index (χ1v) is 8.57. The van der Waals surface area contributed by atoms with E-state index in [0.29, 0.717) is 0 Å². The Balaban J connectivity index is 1.72. The summed E-state index contributed by atoms with van der Waals surface area (Å²) in [5, 5.41) is 0. The van der Waals surface area contributed by atoms with Gasteiger partial charge in [-0.2, -0.15) is 0 Å². The lowest BCUT2D eigenvalue weighted by Gasteiger charge is -2.28. The van der Waals surface area contributed by atoms with Crippen LogP contribution in [0.2, 0.25) is 0 Å². The van der Waals surface area contributed by atoms with E-state index in [9.17, 15) is 4.79 Å². The minimum Gasteiger partial charge on any atom is -0.444 e. The van der Waals surface area contributed by atoms with Gasteiger partial charge in [-0.1, -0.05) is 30.3 Å². The summed E-state index contributed by atoms with van der Waals surface area (Å²) < 4.78 is 5.45. The zero-order valence-corrected chi connectivity index (χ0v) is 14.9. The molecule has 2 rings (SSSR count). The van der Waals surface area contributed by atoms with Crippen molar-refractivity contribution in [2.75, 3.05) is 26.7 Å². The number of likely N-dealkylation sites (tertiary alicyclic amines) is 1. The van der Waals surface area contributed by atoms with Crippen LogP contribution in [0.25, 0.3) is 0 Å². The highest BCUT2D eigenvalue weighted by molar-refractivity contribution is 5.68. The second kappa shape index (κ2) is 7.82. The number of ether oxygens (including phenoxy) is 1. The fraction of sp³-hybridized carbons (Fsp3) is 0.632. The van der Waals surface area contributed by atoms with Gasteiger partial charge in [0.2, 0.25) is 0 Å². The van der Waals surface area contributed by atoms with Crippen LogP contribution >= 0.6 is 0 Å². The van der Waals surface area contributed by atoms with Crippen molar-refractivity contribution in [3.8, 4) is 0 Å². The summed E-state index contributed by atoms with van der Waals surface area (Å²) in [5.41, 5.74) is 0.966. The number of likely N-dealkylation sites (N-methyl/N-ethyl adjacent to an activating group) is 1.